The van der Waals surface area contributed by atoms with Gasteiger partial charge in [-0.3, -0.25) is 4.79 Å². The van der Waals surface area contributed by atoms with Crippen molar-refractivity contribution in [3.05, 3.63) is 23.8 Å². The maximum atomic E-state index is 12.1. The zero-order chi connectivity index (χ0) is 15.2. The summed E-state index contributed by atoms with van der Waals surface area (Å²) in [6, 6.07) is 5.63. The van der Waals surface area contributed by atoms with E-state index in [0.29, 0.717) is 12.4 Å². The quantitative estimate of drug-likeness (QED) is 0.842. The minimum atomic E-state index is -0.0653. The fraction of sp³-hybridized carbons (Fsp3) is 0.562. The maximum absolute atomic E-state index is 12.1. The fourth-order valence-corrected chi connectivity index (χ4v) is 2.53. The van der Waals surface area contributed by atoms with Crippen molar-refractivity contribution in [1.82, 2.24) is 10.6 Å². The molecule has 0 saturated carbocycles. The molecular formula is C16H24N2O3. The van der Waals surface area contributed by atoms with Gasteiger partial charge in [-0.05, 0) is 50.9 Å². The van der Waals surface area contributed by atoms with Gasteiger partial charge in [0.2, 0.25) is 5.91 Å². The topological polar surface area (TPSA) is 59.6 Å². The molecule has 2 N–H and O–H groups in total. The van der Waals surface area contributed by atoms with E-state index in [4.69, 9.17) is 9.47 Å². The predicted molar refractivity (Wildman–Crippen MR) is 81.7 cm³/mol. The Morgan fingerprint density at radius 3 is 2.90 bits per heavy atom. The molecule has 1 amide bonds. The molecule has 5 nitrogen and oxygen atoms in total. The SMILES string of the molecule is CCOc1ccc(C(C)NC(=O)C2CCCN2)cc1OC. The molecule has 1 aromatic rings. The summed E-state index contributed by atoms with van der Waals surface area (Å²) in [4.78, 5) is 12.1. The highest BCUT2D eigenvalue weighted by Gasteiger charge is 2.23. The second-order valence-corrected chi connectivity index (χ2v) is 5.22. The minimum Gasteiger partial charge on any atom is -0.493 e. The number of hydrogen-bond acceptors (Lipinski definition) is 4. The Morgan fingerprint density at radius 2 is 2.29 bits per heavy atom. The van der Waals surface area contributed by atoms with E-state index in [1.807, 2.05) is 32.0 Å². The molecule has 0 radical (unpaired) electrons. The van der Waals surface area contributed by atoms with Gasteiger partial charge in [0.1, 0.15) is 0 Å². The number of nitrogens with one attached hydrogen (secondary N) is 2. The number of carbonyl (C=O) groups excluding carboxylic acids is 1. The normalized spacial score (nSPS) is 19.1. The smallest absolute Gasteiger partial charge is 0.237 e. The van der Waals surface area contributed by atoms with Gasteiger partial charge in [0, 0.05) is 0 Å². The molecule has 0 aliphatic carbocycles. The number of carbonyl (C=O) groups is 1. The molecule has 0 spiro atoms. The number of amides is 1. The molecule has 0 aromatic heterocycles. The van der Waals surface area contributed by atoms with Gasteiger partial charge in [-0.15, -0.1) is 0 Å². The molecule has 21 heavy (non-hydrogen) atoms. The van der Waals surface area contributed by atoms with E-state index in [0.717, 1.165) is 30.7 Å². The standard InChI is InChI=1S/C16H24N2O3/c1-4-21-14-8-7-12(10-15(14)20-3)11(2)18-16(19)13-6-5-9-17-13/h7-8,10-11,13,17H,4-6,9H2,1-3H3,(H,18,19). The Labute approximate surface area is 126 Å². The summed E-state index contributed by atoms with van der Waals surface area (Å²) < 4.78 is 10.8. The molecule has 116 valence electrons. The molecule has 1 aliphatic rings. The highest BCUT2D eigenvalue weighted by atomic mass is 16.5. The van der Waals surface area contributed by atoms with Crippen molar-refractivity contribution in [3.8, 4) is 11.5 Å². The molecule has 1 fully saturated rings. The van der Waals surface area contributed by atoms with Crippen LogP contribution in [0.1, 0.15) is 38.3 Å². The highest BCUT2D eigenvalue weighted by Crippen LogP contribution is 2.30. The monoisotopic (exact) mass is 292 g/mol. The molecule has 1 saturated heterocycles. The van der Waals surface area contributed by atoms with Crippen molar-refractivity contribution < 1.29 is 14.3 Å². The molecule has 0 bridgehead atoms. The van der Waals surface area contributed by atoms with E-state index in [2.05, 4.69) is 10.6 Å². The average Bonchev–Trinajstić information content (AvgIpc) is 3.02. The van der Waals surface area contributed by atoms with Crippen LogP contribution in [-0.4, -0.2) is 32.2 Å². The number of benzene rings is 1. The van der Waals surface area contributed by atoms with Crippen LogP contribution in [0.4, 0.5) is 0 Å². The fourth-order valence-electron chi connectivity index (χ4n) is 2.53. The largest absolute Gasteiger partial charge is 0.493 e. The second-order valence-electron chi connectivity index (χ2n) is 5.22. The first-order valence-electron chi connectivity index (χ1n) is 7.50. The van der Waals surface area contributed by atoms with E-state index in [9.17, 15) is 4.79 Å². The van der Waals surface area contributed by atoms with Gasteiger partial charge < -0.3 is 20.1 Å². The summed E-state index contributed by atoms with van der Waals surface area (Å²) in [5.74, 6) is 1.47. The van der Waals surface area contributed by atoms with Crippen LogP contribution < -0.4 is 20.1 Å². The van der Waals surface area contributed by atoms with Gasteiger partial charge in [0.05, 0.1) is 25.8 Å². The van der Waals surface area contributed by atoms with E-state index in [-0.39, 0.29) is 18.0 Å². The summed E-state index contributed by atoms with van der Waals surface area (Å²) >= 11 is 0. The molecule has 1 heterocycles. The van der Waals surface area contributed by atoms with Gasteiger partial charge in [-0.2, -0.15) is 0 Å². The van der Waals surface area contributed by atoms with E-state index in [1.165, 1.54) is 0 Å². The van der Waals surface area contributed by atoms with Crippen molar-refractivity contribution in [3.63, 3.8) is 0 Å². The van der Waals surface area contributed by atoms with Gasteiger partial charge in [0.15, 0.2) is 11.5 Å². The first-order valence-corrected chi connectivity index (χ1v) is 7.50. The number of ether oxygens (including phenoxy) is 2. The Bertz CT molecular complexity index is 484. The minimum absolute atomic E-state index is 0.0583. The van der Waals surface area contributed by atoms with Crippen molar-refractivity contribution >= 4 is 5.91 Å². The lowest BCUT2D eigenvalue weighted by Gasteiger charge is -2.19. The van der Waals surface area contributed by atoms with Crippen molar-refractivity contribution in [1.29, 1.82) is 0 Å². The van der Waals surface area contributed by atoms with Crippen LogP contribution in [0.3, 0.4) is 0 Å². The third-order valence-corrected chi connectivity index (χ3v) is 3.72. The lowest BCUT2D eigenvalue weighted by Crippen LogP contribution is -2.41. The zero-order valence-electron chi connectivity index (χ0n) is 12.9. The lowest BCUT2D eigenvalue weighted by molar-refractivity contribution is -0.123. The number of hydrogen-bond donors (Lipinski definition) is 2. The molecule has 2 atom stereocenters. The average molecular weight is 292 g/mol. The van der Waals surface area contributed by atoms with Crippen LogP contribution >= 0.6 is 0 Å². The van der Waals surface area contributed by atoms with E-state index >= 15 is 0 Å². The second kappa shape index (κ2) is 7.31. The molecular weight excluding hydrogens is 268 g/mol. The van der Waals surface area contributed by atoms with Crippen molar-refractivity contribution in [2.24, 2.45) is 0 Å². The van der Waals surface area contributed by atoms with Crippen LogP contribution in [-0.2, 0) is 4.79 Å². The maximum Gasteiger partial charge on any atom is 0.237 e. The van der Waals surface area contributed by atoms with E-state index < -0.39 is 0 Å². The Morgan fingerprint density at radius 1 is 1.48 bits per heavy atom. The van der Waals surface area contributed by atoms with Crippen LogP contribution in [0.15, 0.2) is 18.2 Å². The third kappa shape index (κ3) is 3.88. The molecule has 1 aliphatic heterocycles. The summed E-state index contributed by atoms with van der Waals surface area (Å²) in [6.45, 7) is 5.42. The molecule has 5 heteroatoms. The van der Waals surface area contributed by atoms with Gasteiger partial charge in [-0.25, -0.2) is 0 Å². The van der Waals surface area contributed by atoms with Gasteiger partial charge in [-0.1, -0.05) is 6.07 Å². The summed E-state index contributed by atoms with van der Waals surface area (Å²) in [5, 5.41) is 6.25. The molecule has 1 aromatic carbocycles. The highest BCUT2D eigenvalue weighted by molar-refractivity contribution is 5.82. The van der Waals surface area contributed by atoms with Crippen molar-refractivity contribution in [2.45, 2.75) is 38.8 Å². The van der Waals surface area contributed by atoms with Crippen LogP contribution in [0, 0.1) is 0 Å². The first-order chi connectivity index (χ1) is 10.2. The summed E-state index contributed by atoms with van der Waals surface area (Å²) in [6.07, 6.45) is 1.97. The van der Waals surface area contributed by atoms with Crippen molar-refractivity contribution in [2.75, 3.05) is 20.3 Å². The van der Waals surface area contributed by atoms with Crippen LogP contribution in [0.25, 0.3) is 0 Å². The van der Waals surface area contributed by atoms with Gasteiger partial charge in [0.25, 0.3) is 0 Å². The molecule has 2 unspecified atom stereocenters. The lowest BCUT2D eigenvalue weighted by atomic mass is 10.1. The Balaban J connectivity index is 2.04. The van der Waals surface area contributed by atoms with E-state index in [1.54, 1.807) is 7.11 Å². The molecule has 2 rings (SSSR count). The number of rotatable bonds is 6. The van der Waals surface area contributed by atoms with Crippen LogP contribution in [0.2, 0.25) is 0 Å². The first kappa shape index (κ1) is 15.6. The Hall–Kier alpha value is -1.75. The Kier molecular flexibility index (Phi) is 5.44. The summed E-state index contributed by atoms with van der Waals surface area (Å²) in [5.41, 5.74) is 1.00. The third-order valence-electron chi connectivity index (χ3n) is 3.72. The zero-order valence-corrected chi connectivity index (χ0v) is 12.9. The van der Waals surface area contributed by atoms with Gasteiger partial charge >= 0.3 is 0 Å². The summed E-state index contributed by atoms with van der Waals surface area (Å²) in [7, 11) is 1.62. The predicted octanol–water partition coefficient (Wildman–Crippen LogP) is 2.02. The van der Waals surface area contributed by atoms with Crippen LogP contribution in [0.5, 0.6) is 11.5 Å². The number of methoxy groups -OCH3 is 1.